The van der Waals surface area contributed by atoms with Crippen LogP contribution in [0.1, 0.15) is 57.1 Å². The maximum atomic E-state index is 6.00. The summed E-state index contributed by atoms with van der Waals surface area (Å²) < 4.78 is 0. The second-order valence-corrected chi connectivity index (χ2v) is 7.36. The molecule has 2 rings (SSSR count). The molecule has 0 heterocycles. The Morgan fingerprint density at radius 1 is 1.30 bits per heavy atom. The summed E-state index contributed by atoms with van der Waals surface area (Å²) in [6.07, 6.45) is 10.0. The van der Waals surface area contributed by atoms with Crippen LogP contribution in [0.2, 0.25) is 5.02 Å². The molecule has 1 aliphatic rings. The predicted molar refractivity (Wildman–Crippen MR) is 91.8 cm³/mol. The Labute approximate surface area is 132 Å². The summed E-state index contributed by atoms with van der Waals surface area (Å²) in [5.41, 5.74) is 1.38. The van der Waals surface area contributed by atoms with Gasteiger partial charge in [-0.25, -0.2) is 0 Å². The third kappa shape index (κ3) is 4.68. The van der Waals surface area contributed by atoms with Crippen LogP contribution in [0.25, 0.3) is 0 Å². The highest BCUT2D eigenvalue weighted by Gasteiger charge is 2.23. The van der Waals surface area contributed by atoms with E-state index in [1.165, 1.54) is 44.1 Å². The van der Waals surface area contributed by atoms with Crippen LogP contribution in [-0.2, 0) is 0 Å². The van der Waals surface area contributed by atoms with Crippen LogP contribution in [0.3, 0.4) is 0 Å². The second kappa shape index (κ2) is 8.31. The molecule has 1 aliphatic carbocycles. The number of halogens is 1. The number of hydrogen-bond acceptors (Lipinski definition) is 2. The van der Waals surface area contributed by atoms with E-state index in [9.17, 15) is 0 Å². The molecule has 112 valence electrons. The van der Waals surface area contributed by atoms with E-state index in [1.54, 1.807) is 0 Å². The van der Waals surface area contributed by atoms with Crippen molar-refractivity contribution in [2.24, 2.45) is 0 Å². The molecular weight excluding hydrogens is 286 g/mol. The van der Waals surface area contributed by atoms with E-state index in [-0.39, 0.29) is 0 Å². The highest BCUT2D eigenvalue weighted by molar-refractivity contribution is 7.99. The third-order valence-electron chi connectivity index (χ3n) is 4.25. The van der Waals surface area contributed by atoms with Gasteiger partial charge in [-0.3, -0.25) is 0 Å². The van der Waals surface area contributed by atoms with Gasteiger partial charge in [-0.15, -0.1) is 0 Å². The standard InChI is InChI=1S/C17H26ClNS/c1-3-5-17(13-8-10-14(18)11-9-13)19-15-6-4-7-16(12-15)20-2/h8-11,15-17,19H,3-7,12H2,1-2H3. The molecule has 3 unspecified atom stereocenters. The molecule has 0 saturated heterocycles. The van der Waals surface area contributed by atoms with Crippen LogP contribution in [0, 0.1) is 0 Å². The summed E-state index contributed by atoms with van der Waals surface area (Å²) >= 11 is 8.03. The Morgan fingerprint density at radius 2 is 2.05 bits per heavy atom. The summed E-state index contributed by atoms with van der Waals surface area (Å²) in [7, 11) is 0. The SMILES string of the molecule is CCCC(NC1CCCC(SC)C1)c1ccc(Cl)cc1. The molecule has 3 heteroatoms. The van der Waals surface area contributed by atoms with Crippen LogP contribution in [0.15, 0.2) is 24.3 Å². The lowest BCUT2D eigenvalue weighted by molar-refractivity contribution is 0.334. The maximum absolute atomic E-state index is 6.00. The van der Waals surface area contributed by atoms with Gasteiger partial charge in [0, 0.05) is 22.4 Å². The van der Waals surface area contributed by atoms with E-state index >= 15 is 0 Å². The lowest BCUT2D eigenvalue weighted by Gasteiger charge is -2.32. The number of benzene rings is 1. The van der Waals surface area contributed by atoms with Gasteiger partial charge in [-0.2, -0.15) is 11.8 Å². The molecule has 3 atom stereocenters. The third-order valence-corrected chi connectivity index (χ3v) is 5.59. The van der Waals surface area contributed by atoms with Crippen molar-refractivity contribution in [2.45, 2.75) is 62.8 Å². The fourth-order valence-electron chi connectivity index (χ4n) is 3.12. The molecule has 0 aromatic heterocycles. The fourth-order valence-corrected chi connectivity index (χ4v) is 4.08. The molecule has 1 fully saturated rings. The first kappa shape index (κ1) is 16.2. The first-order valence-corrected chi connectivity index (χ1v) is 9.43. The van der Waals surface area contributed by atoms with Crippen LogP contribution in [0.4, 0.5) is 0 Å². The van der Waals surface area contributed by atoms with Gasteiger partial charge >= 0.3 is 0 Å². The van der Waals surface area contributed by atoms with Crippen molar-refractivity contribution in [3.63, 3.8) is 0 Å². The first-order chi connectivity index (χ1) is 9.72. The zero-order valence-corrected chi connectivity index (χ0v) is 14.1. The van der Waals surface area contributed by atoms with Gasteiger partial charge in [0.05, 0.1) is 0 Å². The van der Waals surface area contributed by atoms with E-state index in [4.69, 9.17) is 11.6 Å². The molecular formula is C17H26ClNS. The summed E-state index contributed by atoms with van der Waals surface area (Å²) in [6, 6.07) is 9.51. The molecule has 1 aromatic carbocycles. The van der Waals surface area contributed by atoms with Gasteiger partial charge in [0.1, 0.15) is 0 Å². The monoisotopic (exact) mass is 311 g/mol. The molecule has 1 aromatic rings. The molecule has 0 spiro atoms. The number of thioether (sulfide) groups is 1. The van der Waals surface area contributed by atoms with Crippen molar-refractivity contribution in [1.29, 1.82) is 0 Å². The summed E-state index contributed by atoms with van der Waals surface area (Å²) in [5, 5.41) is 5.57. The van der Waals surface area contributed by atoms with Crippen molar-refractivity contribution in [1.82, 2.24) is 5.32 Å². The average Bonchev–Trinajstić information content (AvgIpc) is 2.48. The highest BCUT2D eigenvalue weighted by Crippen LogP contribution is 2.29. The van der Waals surface area contributed by atoms with Crippen LogP contribution in [0.5, 0.6) is 0 Å². The van der Waals surface area contributed by atoms with Crippen molar-refractivity contribution in [3.05, 3.63) is 34.9 Å². The van der Waals surface area contributed by atoms with Crippen molar-refractivity contribution < 1.29 is 0 Å². The van der Waals surface area contributed by atoms with Gasteiger partial charge in [0.15, 0.2) is 0 Å². The minimum atomic E-state index is 0.475. The first-order valence-electron chi connectivity index (χ1n) is 7.77. The minimum absolute atomic E-state index is 0.475. The predicted octanol–water partition coefficient (Wildman–Crippen LogP) is 5.45. The Hall–Kier alpha value is -0.180. The van der Waals surface area contributed by atoms with E-state index in [2.05, 4.69) is 30.6 Å². The normalized spacial score (nSPS) is 24.6. The van der Waals surface area contributed by atoms with Crippen LogP contribution >= 0.6 is 23.4 Å². The van der Waals surface area contributed by atoms with E-state index < -0.39 is 0 Å². The molecule has 1 saturated carbocycles. The number of hydrogen-bond donors (Lipinski definition) is 1. The zero-order chi connectivity index (χ0) is 14.4. The van der Waals surface area contributed by atoms with E-state index in [0.29, 0.717) is 12.1 Å². The average molecular weight is 312 g/mol. The minimum Gasteiger partial charge on any atom is -0.307 e. The molecule has 0 aliphatic heterocycles. The second-order valence-electron chi connectivity index (χ2n) is 5.78. The Balaban J connectivity index is 1.99. The lowest BCUT2D eigenvalue weighted by atomic mass is 9.92. The Kier molecular flexibility index (Phi) is 6.73. The Morgan fingerprint density at radius 3 is 2.70 bits per heavy atom. The summed E-state index contributed by atoms with van der Waals surface area (Å²) in [5.74, 6) is 0. The fraction of sp³-hybridized carbons (Fsp3) is 0.647. The molecule has 20 heavy (non-hydrogen) atoms. The Bertz CT molecular complexity index is 392. The van der Waals surface area contributed by atoms with Gasteiger partial charge in [0.25, 0.3) is 0 Å². The number of nitrogens with one attached hydrogen (secondary N) is 1. The van der Waals surface area contributed by atoms with Gasteiger partial charge < -0.3 is 5.32 Å². The van der Waals surface area contributed by atoms with Gasteiger partial charge in [-0.1, -0.05) is 43.5 Å². The maximum Gasteiger partial charge on any atom is 0.0406 e. The van der Waals surface area contributed by atoms with Crippen LogP contribution < -0.4 is 5.32 Å². The molecule has 0 amide bonds. The van der Waals surface area contributed by atoms with E-state index in [0.717, 1.165) is 10.3 Å². The summed E-state index contributed by atoms with van der Waals surface area (Å²) in [4.78, 5) is 0. The van der Waals surface area contributed by atoms with Crippen molar-refractivity contribution in [2.75, 3.05) is 6.26 Å². The quantitative estimate of drug-likeness (QED) is 0.750. The molecule has 0 radical (unpaired) electrons. The number of rotatable bonds is 6. The molecule has 1 nitrogen and oxygen atoms in total. The molecule has 0 bridgehead atoms. The van der Waals surface area contributed by atoms with Crippen molar-refractivity contribution in [3.8, 4) is 0 Å². The largest absolute Gasteiger partial charge is 0.307 e. The van der Waals surface area contributed by atoms with Gasteiger partial charge in [-0.05, 0) is 49.6 Å². The van der Waals surface area contributed by atoms with Crippen LogP contribution in [-0.4, -0.2) is 17.5 Å². The van der Waals surface area contributed by atoms with E-state index in [1.807, 2.05) is 23.9 Å². The molecule has 1 N–H and O–H groups in total. The summed E-state index contributed by atoms with van der Waals surface area (Å²) in [6.45, 7) is 2.26. The highest BCUT2D eigenvalue weighted by atomic mass is 35.5. The topological polar surface area (TPSA) is 12.0 Å². The van der Waals surface area contributed by atoms with Gasteiger partial charge in [0.2, 0.25) is 0 Å². The van der Waals surface area contributed by atoms with Crippen molar-refractivity contribution >= 4 is 23.4 Å². The zero-order valence-electron chi connectivity index (χ0n) is 12.6. The lowest BCUT2D eigenvalue weighted by Crippen LogP contribution is -2.37. The smallest absolute Gasteiger partial charge is 0.0406 e.